The van der Waals surface area contributed by atoms with Gasteiger partial charge in [0.25, 0.3) is 5.91 Å². The minimum Gasteiger partial charge on any atom is -0.383 e. The van der Waals surface area contributed by atoms with Gasteiger partial charge in [0.1, 0.15) is 5.82 Å². The van der Waals surface area contributed by atoms with Crippen molar-refractivity contribution in [2.24, 2.45) is 5.73 Å². The summed E-state index contributed by atoms with van der Waals surface area (Å²) in [5, 5.41) is 2.78. The first-order valence-electron chi connectivity index (χ1n) is 7.43. The Morgan fingerprint density at radius 1 is 1.04 bits per heavy atom. The molecular formula is C18H17N5O. The summed E-state index contributed by atoms with van der Waals surface area (Å²) in [4.78, 5) is 20.5. The van der Waals surface area contributed by atoms with E-state index in [1.807, 2.05) is 24.3 Å². The Balaban J connectivity index is 1.89. The first-order valence-corrected chi connectivity index (χ1v) is 7.43. The van der Waals surface area contributed by atoms with Crippen molar-refractivity contribution in [3.05, 3.63) is 72.2 Å². The third-order valence-corrected chi connectivity index (χ3v) is 3.62. The van der Waals surface area contributed by atoms with E-state index >= 15 is 0 Å². The standard InChI is InChI=1S/C18H17N5O/c19-10-12-1-3-13(4-2-12)14-9-16(17(20)22-11-14)18(24)23-15-5-7-21-8-6-15/h1-9,11H,10,19H2,(H2,20,22)(H,21,23,24). The maximum atomic E-state index is 12.5. The zero-order valence-electron chi connectivity index (χ0n) is 12.9. The maximum absolute atomic E-state index is 12.5. The van der Waals surface area contributed by atoms with Crippen LogP contribution in [0.25, 0.3) is 11.1 Å². The lowest BCUT2D eigenvalue weighted by Gasteiger charge is -2.09. The largest absolute Gasteiger partial charge is 0.383 e. The smallest absolute Gasteiger partial charge is 0.259 e. The lowest BCUT2D eigenvalue weighted by Crippen LogP contribution is -2.15. The number of nitrogens with zero attached hydrogens (tertiary/aromatic N) is 2. The molecule has 0 atom stereocenters. The first kappa shape index (κ1) is 15.6. The van der Waals surface area contributed by atoms with Crippen LogP contribution in [0.15, 0.2) is 61.1 Å². The molecule has 0 spiro atoms. The van der Waals surface area contributed by atoms with E-state index in [0.717, 1.165) is 16.7 Å². The van der Waals surface area contributed by atoms with Crippen molar-refractivity contribution >= 4 is 17.4 Å². The molecule has 0 saturated heterocycles. The van der Waals surface area contributed by atoms with Crippen LogP contribution in [0.3, 0.4) is 0 Å². The quantitative estimate of drug-likeness (QED) is 0.684. The van der Waals surface area contributed by atoms with Crippen LogP contribution in [0.5, 0.6) is 0 Å². The van der Waals surface area contributed by atoms with Crippen LogP contribution in [0.2, 0.25) is 0 Å². The number of anilines is 2. The average molecular weight is 319 g/mol. The van der Waals surface area contributed by atoms with E-state index in [2.05, 4.69) is 15.3 Å². The highest BCUT2D eigenvalue weighted by Crippen LogP contribution is 2.23. The number of aromatic nitrogens is 2. The SMILES string of the molecule is NCc1ccc(-c2cnc(N)c(C(=O)Nc3ccncc3)c2)cc1. The molecule has 2 aromatic heterocycles. The van der Waals surface area contributed by atoms with Gasteiger partial charge in [0, 0.05) is 36.4 Å². The number of pyridine rings is 2. The van der Waals surface area contributed by atoms with E-state index in [-0.39, 0.29) is 11.7 Å². The highest BCUT2D eigenvalue weighted by molar-refractivity contribution is 6.07. The van der Waals surface area contributed by atoms with E-state index in [9.17, 15) is 4.79 Å². The lowest BCUT2D eigenvalue weighted by atomic mass is 10.0. The summed E-state index contributed by atoms with van der Waals surface area (Å²) in [5.74, 6) is -0.129. The molecule has 1 amide bonds. The van der Waals surface area contributed by atoms with E-state index in [1.165, 1.54) is 0 Å². The van der Waals surface area contributed by atoms with E-state index in [0.29, 0.717) is 17.8 Å². The summed E-state index contributed by atoms with van der Waals surface area (Å²) in [6.07, 6.45) is 4.86. The normalized spacial score (nSPS) is 10.4. The Hall–Kier alpha value is -3.25. The van der Waals surface area contributed by atoms with Crippen molar-refractivity contribution in [3.63, 3.8) is 0 Å². The van der Waals surface area contributed by atoms with Crippen molar-refractivity contribution < 1.29 is 4.79 Å². The Labute approximate surface area is 139 Å². The molecule has 3 aromatic rings. The number of carbonyl (C=O) groups is 1. The Morgan fingerprint density at radius 2 is 1.75 bits per heavy atom. The number of carbonyl (C=O) groups excluding carboxylic acids is 1. The Morgan fingerprint density at radius 3 is 2.42 bits per heavy atom. The zero-order valence-corrected chi connectivity index (χ0v) is 12.9. The highest BCUT2D eigenvalue weighted by Gasteiger charge is 2.13. The van der Waals surface area contributed by atoms with Crippen LogP contribution in [-0.4, -0.2) is 15.9 Å². The molecule has 3 rings (SSSR count). The third kappa shape index (κ3) is 3.39. The third-order valence-electron chi connectivity index (χ3n) is 3.62. The van der Waals surface area contributed by atoms with Crippen molar-refractivity contribution in [1.82, 2.24) is 9.97 Å². The van der Waals surface area contributed by atoms with Crippen molar-refractivity contribution in [2.75, 3.05) is 11.1 Å². The van der Waals surface area contributed by atoms with Crippen molar-refractivity contribution in [1.29, 1.82) is 0 Å². The van der Waals surface area contributed by atoms with Gasteiger partial charge >= 0.3 is 0 Å². The average Bonchev–Trinajstić information content (AvgIpc) is 2.63. The fourth-order valence-corrected chi connectivity index (χ4v) is 2.28. The number of nitrogens with two attached hydrogens (primary N) is 2. The molecule has 0 aliphatic heterocycles. The zero-order chi connectivity index (χ0) is 16.9. The predicted octanol–water partition coefficient (Wildman–Crippen LogP) is 2.44. The molecule has 0 bridgehead atoms. The monoisotopic (exact) mass is 319 g/mol. The van der Waals surface area contributed by atoms with Crippen LogP contribution in [-0.2, 0) is 6.54 Å². The highest BCUT2D eigenvalue weighted by atomic mass is 16.1. The molecule has 0 saturated carbocycles. The van der Waals surface area contributed by atoms with Gasteiger partial charge in [0.15, 0.2) is 0 Å². The fourth-order valence-electron chi connectivity index (χ4n) is 2.28. The number of amides is 1. The molecular weight excluding hydrogens is 302 g/mol. The van der Waals surface area contributed by atoms with Crippen molar-refractivity contribution in [2.45, 2.75) is 6.54 Å². The molecule has 0 aliphatic rings. The Bertz CT molecular complexity index is 847. The molecule has 2 heterocycles. The number of hydrogen-bond acceptors (Lipinski definition) is 5. The van der Waals surface area contributed by atoms with Crippen LogP contribution in [0, 0.1) is 0 Å². The predicted molar refractivity (Wildman–Crippen MR) is 94.2 cm³/mol. The number of nitrogens with one attached hydrogen (secondary N) is 1. The molecule has 0 unspecified atom stereocenters. The summed E-state index contributed by atoms with van der Waals surface area (Å²) in [7, 11) is 0. The molecule has 120 valence electrons. The lowest BCUT2D eigenvalue weighted by molar-refractivity contribution is 0.102. The van der Waals surface area contributed by atoms with Gasteiger partial charge in [-0.3, -0.25) is 9.78 Å². The van der Waals surface area contributed by atoms with Gasteiger partial charge in [-0.15, -0.1) is 0 Å². The topological polar surface area (TPSA) is 107 Å². The molecule has 0 fully saturated rings. The van der Waals surface area contributed by atoms with Gasteiger partial charge in [0.2, 0.25) is 0 Å². The fraction of sp³-hybridized carbons (Fsp3) is 0.0556. The van der Waals surface area contributed by atoms with Crippen molar-refractivity contribution in [3.8, 4) is 11.1 Å². The van der Waals surface area contributed by atoms with E-state index < -0.39 is 0 Å². The second kappa shape index (κ2) is 6.89. The Kier molecular flexibility index (Phi) is 4.49. The van der Waals surface area contributed by atoms with E-state index in [1.54, 1.807) is 36.8 Å². The van der Waals surface area contributed by atoms with Gasteiger partial charge in [-0.2, -0.15) is 0 Å². The van der Waals surface area contributed by atoms with Crippen LogP contribution < -0.4 is 16.8 Å². The minimum atomic E-state index is -0.313. The maximum Gasteiger partial charge on any atom is 0.259 e. The number of nitrogen functional groups attached to an aromatic ring is 1. The van der Waals surface area contributed by atoms with E-state index in [4.69, 9.17) is 11.5 Å². The molecule has 6 heteroatoms. The summed E-state index contributed by atoms with van der Waals surface area (Å²) in [6, 6.07) is 12.9. The van der Waals surface area contributed by atoms with Crippen LogP contribution >= 0.6 is 0 Å². The van der Waals surface area contributed by atoms with Gasteiger partial charge in [-0.05, 0) is 29.3 Å². The number of benzene rings is 1. The second-order valence-corrected chi connectivity index (χ2v) is 5.25. The summed E-state index contributed by atoms with van der Waals surface area (Å²) < 4.78 is 0. The van der Waals surface area contributed by atoms with Gasteiger partial charge in [-0.25, -0.2) is 4.98 Å². The van der Waals surface area contributed by atoms with Crippen LogP contribution in [0.4, 0.5) is 11.5 Å². The molecule has 0 aliphatic carbocycles. The minimum absolute atomic E-state index is 0.184. The second-order valence-electron chi connectivity index (χ2n) is 5.25. The molecule has 0 radical (unpaired) electrons. The number of rotatable bonds is 4. The molecule has 6 nitrogen and oxygen atoms in total. The first-order chi connectivity index (χ1) is 11.7. The number of hydrogen-bond donors (Lipinski definition) is 3. The molecule has 5 N–H and O–H groups in total. The molecule has 1 aromatic carbocycles. The van der Waals surface area contributed by atoms with Gasteiger partial charge in [0.05, 0.1) is 5.56 Å². The summed E-state index contributed by atoms with van der Waals surface area (Å²) in [6.45, 7) is 0.486. The summed E-state index contributed by atoms with van der Waals surface area (Å²) >= 11 is 0. The summed E-state index contributed by atoms with van der Waals surface area (Å²) in [5.41, 5.74) is 15.2. The van der Waals surface area contributed by atoms with Crippen LogP contribution in [0.1, 0.15) is 15.9 Å². The molecule has 24 heavy (non-hydrogen) atoms. The van der Waals surface area contributed by atoms with Gasteiger partial charge in [-0.1, -0.05) is 24.3 Å². The van der Waals surface area contributed by atoms with Gasteiger partial charge < -0.3 is 16.8 Å².